The van der Waals surface area contributed by atoms with Crippen LogP contribution >= 0.6 is 35.4 Å². The van der Waals surface area contributed by atoms with Gasteiger partial charge < -0.3 is 10.2 Å². The van der Waals surface area contributed by atoms with Crippen LogP contribution in [0.4, 0.5) is 5.69 Å². The van der Waals surface area contributed by atoms with Crippen LogP contribution in [0.1, 0.15) is 5.56 Å². The third kappa shape index (κ3) is 4.92. The number of sulfonamides is 1. The molecule has 1 N–H and O–H groups in total. The molecule has 1 aliphatic rings. The molecular weight excluding hydrogens is 425 g/mol. The van der Waals surface area contributed by atoms with Gasteiger partial charge in [0, 0.05) is 41.9 Å². The van der Waals surface area contributed by atoms with Gasteiger partial charge >= 0.3 is 0 Å². The maximum Gasteiger partial charge on any atom is 0.243 e. The van der Waals surface area contributed by atoms with Crippen molar-refractivity contribution in [3.8, 4) is 0 Å². The summed E-state index contributed by atoms with van der Waals surface area (Å²) in [7, 11) is -3.49. The van der Waals surface area contributed by atoms with E-state index in [9.17, 15) is 8.42 Å². The van der Waals surface area contributed by atoms with Gasteiger partial charge in [-0.15, -0.1) is 0 Å². The highest BCUT2D eigenvalue weighted by Gasteiger charge is 2.29. The van der Waals surface area contributed by atoms with E-state index >= 15 is 0 Å². The summed E-state index contributed by atoms with van der Waals surface area (Å²) in [4.78, 5) is 2.25. The van der Waals surface area contributed by atoms with Crippen molar-refractivity contribution in [1.29, 1.82) is 0 Å². The normalized spacial score (nSPS) is 15.6. The van der Waals surface area contributed by atoms with E-state index < -0.39 is 10.0 Å². The molecule has 2 aromatic carbocycles. The Morgan fingerprint density at radius 1 is 1.00 bits per heavy atom. The van der Waals surface area contributed by atoms with Gasteiger partial charge in [-0.1, -0.05) is 40.9 Å². The molecule has 0 unspecified atom stereocenters. The zero-order valence-corrected chi connectivity index (χ0v) is 17.8. The number of anilines is 1. The third-order valence-corrected chi connectivity index (χ3v) is 7.01. The molecule has 0 radical (unpaired) electrons. The molecule has 0 saturated carbocycles. The van der Waals surface area contributed by atoms with Crippen molar-refractivity contribution >= 4 is 56.2 Å². The minimum Gasteiger partial charge on any atom is -0.346 e. The first kappa shape index (κ1) is 20.4. The summed E-state index contributed by atoms with van der Waals surface area (Å²) in [5.41, 5.74) is 1.73. The van der Waals surface area contributed by atoms with E-state index in [2.05, 4.69) is 5.32 Å². The van der Waals surface area contributed by atoms with Gasteiger partial charge in [0.2, 0.25) is 10.0 Å². The summed E-state index contributed by atoms with van der Waals surface area (Å²) in [5, 5.41) is 4.65. The van der Waals surface area contributed by atoms with Crippen molar-refractivity contribution in [3.05, 3.63) is 58.1 Å². The standard InChI is InChI=1S/C18H19Cl2N3O2S2/c1-13-2-4-17(5-3-13)27(24,25)23-8-6-22(7-9-23)18(26)21-16-11-14(19)10-15(20)12-16/h2-5,10-12H,6-9H2,1H3,(H,21,26). The molecule has 5 nitrogen and oxygen atoms in total. The summed E-state index contributed by atoms with van der Waals surface area (Å²) >= 11 is 17.4. The molecule has 0 bridgehead atoms. The van der Waals surface area contributed by atoms with Gasteiger partial charge in [0.15, 0.2) is 5.11 Å². The molecule has 0 amide bonds. The molecule has 3 rings (SSSR count). The van der Waals surface area contributed by atoms with Crippen molar-refractivity contribution in [3.63, 3.8) is 0 Å². The summed E-state index contributed by atoms with van der Waals surface area (Å²) in [5.74, 6) is 0. The van der Waals surface area contributed by atoms with Gasteiger partial charge in [0.05, 0.1) is 4.90 Å². The van der Waals surface area contributed by atoms with Gasteiger partial charge in [0.1, 0.15) is 0 Å². The number of rotatable bonds is 3. The molecule has 27 heavy (non-hydrogen) atoms. The van der Waals surface area contributed by atoms with Gasteiger partial charge in [0.25, 0.3) is 0 Å². The topological polar surface area (TPSA) is 52.7 Å². The van der Waals surface area contributed by atoms with Crippen LogP contribution in [-0.4, -0.2) is 48.9 Å². The highest BCUT2D eigenvalue weighted by Crippen LogP contribution is 2.23. The second-order valence-corrected chi connectivity index (χ2v) is 9.49. The Hall–Kier alpha value is -1.38. The van der Waals surface area contributed by atoms with E-state index in [4.69, 9.17) is 35.4 Å². The lowest BCUT2D eigenvalue weighted by Gasteiger charge is -2.35. The molecule has 1 saturated heterocycles. The van der Waals surface area contributed by atoms with E-state index in [1.165, 1.54) is 4.31 Å². The van der Waals surface area contributed by atoms with Crippen molar-refractivity contribution in [2.24, 2.45) is 0 Å². The lowest BCUT2D eigenvalue weighted by Crippen LogP contribution is -2.51. The van der Waals surface area contributed by atoms with E-state index in [1.54, 1.807) is 42.5 Å². The molecule has 0 aromatic heterocycles. The fourth-order valence-corrected chi connectivity index (χ4v) is 5.07. The number of nitrogens with zero attached hydrogens (tertiary/aromatic N) is 2. The van der Waals surface area contributed by atoms with Crippen LogP contribution < -0.4 is 5.32 Å². The van der Waals surface area contributed by atoms with Gasteiger partial charge in [-0.3, -0.25) is 0 Å². The number of piperazine rings is 1. The predicted octanol–water partition coefficient (Wildman–Crippen LogP) is 4.01. The molecule has 0 aliphatic carbocycles. The van der Waals surface area contributed by atoms with Crippen LogP contribution in [-0.2, 0) is 10.0 Å². The van der Waals surface area contributed by atoms with Crippen LogP contribution in [0, 0.1) is 6.92 Å². The second-order valence-electron chi connectivity index (χ2n) is 6.29. The lowest BCUT2D eigenvalue weighted by molar-refractivity contribution is 0.268. The fraction of sp³-hybridized carbons (Fsp3) is 0.278. The average molecular weight is 444 g/mol. The first-order valence-corrected chi connectivity index (χ1v) is 10.9. The van der Waals surface area contributed by atoms with Crippen LogP contribution in [0.5, 0.6) is 0 Å². The number of nitrogens with one attached hydrogen (secondary N) is 1. The second kappa shape index (κ2) is 8.32. The Morgan fingerprint density at radius 3 is 2.11 bits per heavy atom. The van der Waals surface area contributed by atoms with Crippen LogP contribution in [0.15, 0.2) is 47.4 Å². The monoisotopic (exact) mass is 443 g/mol. The molecule has 1 heterocycles. The molecule has 9 heteroatoms. The number of hydrogen-bond acceptors (Lipinski definition) is 3. The quantitative estimate of drug-likeness (QED) is 0.726. The average Bonchev–Trinajstić information content (AvgIpc) is 2.61. The highest BCUT2D eigenvalue weighted by atomic mass is 35.5. The number of aryl methyl sites for hydroxylation is 1. The Morgan fingerprint density at radius 2 is 1.56 bits per heavy atom. The molecule has 0 spiro atoms. The fourth-order valence-electron chi connectivity index (χ4n) is 2.82. The maximum atomic E-state index is 12.8. The van der Waals surface area contributed by atoms with E-state index in [0.717, 1.165) is 5.56 Å². The van der Waals surface area contributed by atoms with E-state index in [1.807, 2.05) is 11.8 Å². The van der Waals surface area contributed by atoms with Crippen LogP contribution in [0.3, 0.4) is 0 Å². The largest absolute Gasteiger partial charge is 0.346 e. The lowest BCUT2D eigenvalue weighted by atomic mass is 10.2. The van der Waals surface area contributed by atoms with E-state index in [0.29, 0.717) is 51.9 Å². The first-order chi connectivity index (χ1) is 12.8. The van der Waals surface area contributed by atoms with Crippen molar-refractivity contribution < 1.29 is 8.42 Å². The third-order valence-electron chi connectivity index (χ3n) is 4.30. The Labute approximate surface area is 174 Å². The Kier molecular flexibility index (Phi) is 6.28. The van der Waals surface area contributed by atoms with E-state index in [-0.39, 0.29) is 0 Å². The molecule has 144 valence electrons. The van der Waals surface area contributed by atoms with Crippen LogP contribution in [0.25, 0.3) is 0 Å². The van der Waals surface area contributed by atoms with Crippen molar-refractivity contribution in [2.45, 2.75) is 11.8 Å². The number of hydrogen-bond donors (Lipinski definition) is 1. The number of halogens is 2. The van der Waals surface area contributed by atoms with Crippen molar-refractivity contribution in [1.82, 2.24) is 9.21 Å². The van der Waals surface area contributed by atoms with Gasteiger partial charge in [-0.2, -0.15) is 4.31 Å². The summed E-state index contributed by atoms with van der Waals surface area (Å²) in [6, 6.07) is 12.0. The molecular formula is C18H19Cl2N3O2S2. The Bertz CT molecular complexity index is 921. The zero-order chi connectivity index (χ0) is 19.6. The summed E-state index contributed by atoms with van der Waals surface area (Å²) in [6.45, 7) is 3.68. The summed E-state index contributed by atoms with van der Waals surface area (Å²) < 4.78 is 27.0. The molecule has 1 fully saturated rings. The predicted molar refractivity (Wildman–Crippen MR) is 114 cm³/mol. The minimum atomic E-state index is -3.49. The molecule has 1 aliphatic heterocycles. The molecule has 0 atom stereocenters. The number of benzene rings is 2. The van der Waals surface area contributed by atoms with Gasteiger partial charge in [-0.25, -0.2) is 8.42 Å². The first-order valence-electron chi connectivity index (χ1n) is 8.34. The highest BCUT2D eigenvalue weighted by molar-refractivity contribution is 7.89. The Balaban J connectivity index is 1.62. The SMILES string of the molecule is Cc1ccc(S(=O)(=O)N2CCN(C(=S)Nc3cc(Cl)cc(Cl)c3)CC2)cc1. The zero-order valence-electron chi connectivity index (χ0n) is 14.7. The smallest absolute Gasteiger partial charge is 0.243 e. The van der Waals surface area contributed by atoms with Crippen LogP contribution in [0.2, 0.25) is 10.0 Å². The maximum absolute atomic E-state index is 12.8. The minimum absolute atomic E-state index is 0.316. The number of thiocarbonyl (C=S) groups is 1. The molecule has 2 aromatic rings. The van der Waals surface area contributed by atoms with Gasteiger partial charge in [-0.05, 0) is 49.5 Å². The van der Waals surface area contributed by atoms with Crippen molar-refractivity contribution in [2.75, 3.05) is 31.5 Å². The summed E-state index contributed by atoms with van der Waals surface area (Å²) in [6.07, 6.45) is 0.